The minimum Gasteiger partial charge on any atom is -0.206 e. The molecular formula is C24H10F2N4. The second-order valence-electron chi connectivity index (χ2n) is 6.10. The monoisotopic (exact) mass is 392 g/mol. The molecule has 3 aromatic rings. The summed E-state index contributed by atoms with van der Waals surface area (Å²) in [6.45, 7) is 0. The summed E-state index contributed by atoms with van der Waals surface area (Å²) in [4.78, 5) is 0. The van der Waals surface area contributed by atoms with Crippen LogP contribution in [-0.4, -0.2) is 0 Å². The molecule has 0 aliphatic carbocycles. The van der Waals surface area contributed by atoms with Crippen LogP contribution in [0.5, 0.6) is 0 Å². The van der Waals surface area contributed by atoms with Crippen molar-refractivity contribution in [1.82, 2.24) is 0 Å². The number of nitriles is 4. The molecular weight excluding hydrogens is 382 g/mol. The Morgan fingerprint density at radius 2 is 0.867 bits per heavy atom. The van der Waals surface area contributed by atoms with Crippen LogP contribution in [0.3, 0.4) is 0 Å². The molecule has 0 aliphatic rings. The summed E-state index contributed by atoms with van der Waals surface area (Å²) in [5.74, 6) is -1.23. The molecule has 140 valence electrons. The first-order valence-electron chi connectivity index (χ1n) is 8.58. The Labute approximate surface area is 170 Å². The maximum atomic E-state index is 14.5. The van der Waals surface area contributed by atoms with Gasteiger partial charge in [0.05, 0.1) is 0 Å². The van der Waals surface area contributed by atoms with E-state index in [2.05, 4.69) is 0 Å². The van der Waals surface area contributed by atoms with Crippen LogP contribution >= 0.6 is 0 Å². The standard InChI is InChI=1S/C24H10F2N4/c25-23-7-3-1-5-17(23)21-9-20(16(13-29)14-30)22(10-19(21)15(11-27)12-28)18-6-2-4-8-24(18)26/h1-10H. The SMILES string of the molecule is N#CC(C#N)=c1cc(-c2ccccc2F)c(=C(C#N)C#N)cc1-c1ccccc1F. The van der Waals surface area contributed by atoms with Crippen molar-refractivity contribution in [3.05, 3.63) is 82.7 Å². The highest BCUT2D eigenvalue weighted by atomic mass is 19.1. The minimum absolute atomic E-state index is 0.0716. The summed E-state index contributed by atoms with van der Waals surface area (Å²) >= 11 is 0. The molecule has 0 atom stereocenters. The molecule has 0 radical (unpaired) electrons. The molecule has 0 fully saturated rings. The van der Waals surface area contributed by atoms with Gasteiger partial charge in [0, 0.05) is 21.6 Å². The van der Waals surface area contributed by atoms with E-state index < -0.39 is 11.6 Å². The third-order valence-electron chi connectivity index (χ3n) is 4.47. The Kier molecular flexibility index (Phi) is 5.65. The lowest BCUT2D eigenvalue weighted by molar-refractivity contribution is 0.630. The lowest BCUT2D eigenvalue weighted by Gasteiger charge is -2.11. The van der Waals surface area contributed by atoms with E-state index in [9.17, 15) is 29.8 Å². The van der Waals surface area contributed by atoms with Crippen molar-refractivity contribution in [2.45, 2.75) is 0 Å². The van der Waals surface area contributed by atoms with Gasteiger partial charge in [-0.2, -0.15) is 21.0 Å². The molecule has 0 unspecified atom stereocenters. The third-order valence-corrected chi connectivity index (χ3v) is 4.47. The summed E-state index contributed by atoms with van der Waals surface area (Å²) in [5.41, 5.74) is -0.187. The number of nitrogens with zero attached hydrogens (tertiary/aromatic N) is 4. The summed E-state index contributed by atoms with van der Waals surface area (Å²) < 4.78 is 29.1. The number of hydrogen-bond donors (Lipinski definition) is 0. The normalized spacial score (nSPS) is 9.53. The average Bonchev–Trinajstić information content (AvgIpc) is 2.77. The first kappa shape index (κ1) is 20.0. The van der Waals surface area contributed by atoms with Gasteiger partial charge in [-0.1, -0.05) is 36.4 Å². The summed E-state index contributed by atoms with van der Waals surface area (Å²) in [7, 11) is 0. The van der Waals surface area contributed by atoms with Gasteiger partial charge in [0.15, 0.2) is 0 Å². The fourth-order valence-electron chi connectivity index (χ4n) is 3.11. The second kappa shape index (κ2) is 8.49. The zero-order valence-electron chi connectivity index (χ0n) is 15.3. The molecule has 0 N–H and O–H groups in total. The van der Waals surface area contributed by atoms with Crippen LogP contribution in [0.4, 0.5) is 8.78 Å². The molecule has 6 heteroatoms. The predicted octanol–water partition coefficient (Wildman–Crippen LogP) is 3.69. The van der Waals surface area contributed by atoms with Gasteiger partial charge >= 0.3 is 0 Å². The second-order valence-corrected chi connectivity index (χ2v) is 6.10. The van der Waals surface area contributed by atoms with Gasteiger partial charge in [0.25, 0.3) is 0 Å². The van der Waals surface area contributed by atoms with E-state index in [1.165, 1.54) is 48.5 Å². The van der Waals surface area contributed by atoms with E-state index in [4.69, 9.17) is 0 Å². The maximum Gasteiger partial charge on any atom is 0.137 e. The van der Waals surface area contributed by atoms with Gasteiger partial charge in [0.2, 0.25) is 0 Å². The fourth-order valence-corrected chi connectivity index (χ4v) is 3.11. The molecule has 3 aromatic carbocycles. The molecule has 3 rings (SSSR count). The van der Waals surface area contributed by atoms with Crippen molar-refractivity contribution in [3.63, 3.8) is 0 Å². The predicted molar refractivity (Wildman–Crippen MR) is 106 cm³/mol. The lowest BCUT2D eigenvalue weighted by Crippen LogP contribution is -2.20. The van der Waals surface area contributed by atoms with Gasteiger partial charge in [-0.15, -0.1) is 0 Å². The maximum absolute atomic E-state index is 14.5. The van der Waals surface area contributed by atoms with E-state index in [-0.39, 0.29) is 43.8 Å². The number of benzene rings is 3. The Balaban J connectivity index is 2.67. The van der Waals surface area contributed by atoms with E-state index in [1.54, 1.807) is 36.4 Å². The molecule has 0 heterocycles. The van der Waals surface area contributed by atoms with Crippen LogP contribution in [0.1, 0.15) is 0 Å². The Bertz CT molecular complexity index is 1310. The topological polar surface area (TPSA) is 95.2 Å². The van der Waals surface area contributed by atoms with Crippen LogP contribution in [0, 0.1) is 57.0 Å². The first-order chi connectivity index (χ1) is 14.5. The van der Waals surface area contributed by atoms with Crippen LogP contribution < -0.4 is 10.4 Å². The molecule has 0 aliphatic heterocycles. The minimum atomic E-state index is -0.617. The van der Waals surface area contributed by atoms with E-state index in [0.29, 0.717) is 0 Å². The summed E-state index contributed by atoms with van der Waals surface area (Å²) in [6.07, 6.45) is 0. The quantitative estimate of drug-likeness (QED) is 0.664. The van der Waals surface area contributed by atoms with Crippen molar-refractivity contribution in [2.24, 2.45) is 0 Å². The van der Waals surface area contributed by atoms with Gasteiger partial charge in [-0.3, -0.25) is 0 Å². The van der Waals surface area contributed by atoms with Crippen molar-refractivity contribution in [3.8, 4) is 46.5 Å². The molecule has 0 saturated carbocycles. The number of hydrogen-bond acceptors (Lipinski definition) is 4. The van der Waals surface area contributed by atoms with Crippen LogP contribution in [-0.2, 0) is 0 Å². The molecule has 0 bridgehead atoms. The van der Waals surface area contributed by atoms with Crippen molar-refractivity contribution < 1.29 is 8.78 Å². The van der Waals surface area contributed by atoms with Gasteiger partial charge in [-0.25, -0.2) is 8.78 Å². The summed E-state index contributed by atoms with van der Waals surface area (Å²) in [6, 6.07) is 21.2. The zero-order valence-corrected chi connectivity index (χ0v) is 15.3. The van der Waals surface area contributed by atoms with Gasteiger partial charge in [0.1, 0.15) is 47.1 Å². The fraction of sp³-hybridized carbons (Fsp3) is 0. The molecule has 0 amide bonds. The van der Waals surface area contributed by atoms with Gasteiger partial charge in [-0.05, 0) is 35.4 Å². The van der Waals surface area contributed by atoms with Crippen molar-refractivity contribution in [2.75, 3.05) is 0 Å². The first-order valence-corrected chi connectivity index (χ1v) is 8.58. The Morgan fingerprint density at radius 1 is 0.533 bits per heavy atom. The zero-order chi connectivity index (χ0) is 21.7. The average molecular weight is 392 g/mol. The van der Waals surface area contributed by atoms with Crippen molar-refractivity contribution in [1.29, 1.82) is 21.0 Å². The highest BCUT2D eigenvalue weighted by Gasteiger charge is 2.16. The van der Waals surface area contributed by atoms with Crippen LogP contribution in [0.15, 0.2) is 60.7 Å². The molecule has 4 nitrogen and oxygen atoms in total. The van der Waals surface area contributed by atoms with E-state index in [1.807, 2.05) is 0 Å². The highest BCUT2D eigenvalue weighted by Crippen LogP contribution is 2.24. The summed E-state index contributed by atoms with van der Waals surface area (Å²) in [5, 5.41) is 37.8. The molecule has 30 heavy (non-hydrogen) atoms. The highest BCUT2D eigenvalue weighted by molar-refractivity contribution is 5.85. The van der Waals surface area contributed by atoms with Crippen LogP contribution in [0.25, 0.3) is 33.4 Å². The smallest absolute Gasteiger partial charge is 0.137 e. The van der Waals surface area contributed by atoms with Gasteiger partial charge < -0.3 is 0 Å². The third kappa shape index (κ3) is 3.50. The molecule has 0 spiro atoms. The Morgan fingerprint density at radius 3 is 1.17 bits per heavy atom. The van der Waals surface area contributed by atoms with Crippen LogP contribution in [0.2, 0.25) is 0 Å². The Hall–Kier alpha value is -4.78. The number of rotatable bonds is 2. The van der Waals surface area contributed by atoms with E-state index >= 15 is 0 Å². The molecule has 0 aromatic heterocycles. The largest absolute Gasteiger partial charge is 0.206 e. The van der Waals surface area contributed by atoms with E-state index in [0.717, 1.165) is 0 Å². The number of halogens is 2. The molecule has 0 saturated heterocycles. The lowest BCUT2D eigenvalue weighted by atomic mass is 9.92. The van der Waals surface area contributed by atoms with Crippen molar-refractivity contribution >= 4 is 11.1 Å².